The molecule has 1 N–H and O–H groups in total. The van der Waals surface area contributed by atoms with Crippen molar-refractivity contribution in [1.29, 1.82) is 0 Å². The molecule has 0 amide bonds. The van der Waals surface area contributed by atoms with Gasteiger partial charge in [-0.2, -0.15) is 0 Å². The molecule has 0 aromatic carbocycles. The minimum atomic E-state index is -0.684. The number of carbonyl (C=O) groups excluding carboxylic acids is 1. The average molecular weight is 595 g/mol. The van der Waals surface area contributed by atoms with Crippen molar-refractivity contribution in [2.45, 2.75) is 232 Å². The highest BCUT2D eigenvalue weighted by atomic mass is 16.5. The monoisotopic (exact) mass is 595 g/mol. The third-order valence-corrected chi connectivity index (χ3v) is 8.83. The smallest absolute Gasteiger partial charge is 0.306 e. The Hall–Kier alpha value is -1.06. The molecule has 0 saturated carbocycles. The number of hydrogen-bond donors (Lipinski definition) is 1. The second-order valence-electron chi connectivity index (χ2n) is 13.1. The van der Waals surface area contributed by atoms with E-state index in [-0.39, 0.29) is 12.1 Å². The van der Waals surface area contributed by atoms with Crippen molar-refractivity contribution >= 4 is 11.9 Å². The Morgan fingerprint density at radius 3 is 1.05 bits per heavy atom. The van der Waals surface area contributed by atoms with E-state index in [4.69, 9.17) is 9.84 Å². The van der Waals surface area contributed by atoms with E-state index in [0.29, 0.717) is 12.8 Å². The molecule has 0 aliphatic rings. The maximum atomic E-state index is 12.6. The summed E-state index contributed by atoms with van der Waals surface area (Å²) in [5.41, 5.74) is 0. The van der Waals surface area contributed by atoms with E-state index in [9.17, 15) is 9.59 Å². The SMILES string of the molecule is CCCCCCCCCCCCCCCC(=O)OC(CCCCCCCCCCC)CCCCCCCCCC(=O)O. The van der Waals surface area contributed by atoms with Crippen LogP contribution in [-0.4, -0.2) is 23.1 Å². The number of carboxylic acids is 1. The lowest BCUT2D eigenvalue weighted by molar-refractivity contribution is -0.150. The van der Waals surface area contributed by atoms with Gasteiger partial charge in [-0.1, -0.05) is 174 Å². The lowest BCUT2D eigenvalue weighted by Gasteiger charge is -2.18. The lowest BCUT2D eigenvalue weighted by Crippen LogP contribution is -2.18. The molecule has 1 unspecified atom stereocenters. The Kier molecular flexibility index (Phi) is 33.6. The first-order valence-corrected chi connectivity index (χ1v) is 19.0. The van der Waals surface area contributed by atoms with Gasteiger partial charge in [-0.05, 0) is 38.5 Å². The maximum absolute atomic E-state index is 12.6. The molecule has 0 radical (unpaired) electrons. The first kappa shape index (κ1) is 40.9. The number of rotatable bonds is 35. The summed E-state index contributed by atoms with van der Waals surface area (Å²) >= 11 is 0. The fraction of sp³-hybridized carbons (Fsp3) is 0.947. The highest BCUT2D eigenvalue weighted by Crippen LogP contribution is 2.19. The van der Waals surface area contributed by atoms with Crippen LogP contribution in [0.2, 0.25) is 0 Å². The highest BCUT2D eigenvalue weighted by Gasteiger charge is 2.14. The van der Waals surface area contributed by atoms with E-state index in [2.05, 4.69) is 13.8 Å². The summed E-state index contributed by atoms with van der Waals surface area (Å²) in [7, 11) is 0. The Labute approximate surface area is 262 Å². The van der Waals surface area contributed by atoms with Gasteiger partial charge >= 0.3 is 11.9 Å². The molecule has 4 heteroatoms. The zero-order valence-corrected chi connectivity index (χ0v) is 28.6. The van der Waals surface area contributed by atoms with Crippen molar-refractivity contribution in [2.24, 2.45) is 0 Å². The van der Waals surface area contributed by atoms with Crippen LogP contribution in [0.1, 0.15) is 226 Å². The van der Waals surface area contributed by atoms with E-state index in [1.165, 1.54) is 148 Å². The van der Waals surface area contributed by atoms with Crippen molar-refractivity contribution in [3.05, 3.63) is 0 Å². The highest BCUT2D eigenvalue weighted by molar-refractivity contribution is 5.69. The lowest BCUT2D eigenvalue weighted by atomic mass is 10.0. The molecule has 0 spiro atoms. The van der Waals surface area contributed by atoms with Gasteiger partial charge in [0.1, 0.15) is 6.10 Å². The standard InChI is InChI=1S/C38H74O4/c1-3-5-7-9-11-13-14-15-16-18-23-27-31-35-38(41)42-36(32-28-24-20-17-12-10-8-6-4-2)33-29-25-21-19-22-26-30-34-37(39)40/h36H,3-35H2,1-2H3,(H,39,40). The average Bonchev–Trinajstić information content (AvgIpc) is 2.97. The second-order valence-corrected chi connectivity index (χ2v) is 13.1. The van der Waals surface area contributed by atoms with Gasteiger partial charge in [0.2, 0.25) is 0 Å². The summed E-state index contributed by atoms with van der Waals surface area (Å²) in [5, 5.41) is 8.75. The Bertz CT molecular complexity index is 561. The van der Waals surface area contributed by atoms with Crippen LogP contribution in [-0.2, 0) is 14.3 Å². The van der Waals surface area contributed by atoms with Gasteiger partial charge in [-0.15, -0.1) is 0 Å². The summed E-state index contributed by atoms with van der Waals surface area (Å²) in [6, 6.07) is 0. The van der Waals surface area contributed by atoms with Crippen molar-refractivity contribution < 1.29 is 19.4 Å². The third kappa shape index (κ3) is 33.4. The van der Waals surface area contributed by atoms with E-state index >= 15 is 0 Å². The third-order valence-electron chi connectivity index (χ3n) is 8.83. The summed E-state index contributed by atoms with van der Waals surface area (Å²) in [4.78, 5) is 23.3. The van der Waals surface area contributed by atoms with Crippen molar-refractivity contribution in [1.82, 2.24) is 0 Å². The molecule has 0 aromatic heterocycles. The minimum absolute atomic E-state index is 0.0254. The van der Waals surface area contributed by atoms with E-state index < -0.39 is 5.97 Å². The predicted octanol–water partition coefficient (Wildman–Crippen LogP) is 12.9. The topological polar surface area (TPSA) is 63.6 Å². The predicted molar refractivity (Wildman–Crippen MR) is 181 cm³/mol. The number of ether oxygens (including phenoxy) is 1. The molecule has 0 heterocycles. The fourth-order valence-electron chi connectivity index (χ4n) is 6.01. The first-order chi connectivity index (χ1) is 20.6. The van der Waals surface area contributed by atoms with Gasteiger partial charge in [-0.25, -0.2) is 0 Å². The molecule has 1 atom stereocenters. The van der Waals surface area contributed by atoms with Gasteiger partial charge in [0.05, 0.1) is 0 Å². The molecule has 0 saturated heterocycles. The van der Waals surface area contributed by atoms with Gasteiger partial charge in [-0.3, -0.25) is 9.59 Å². The molecule has 0 aliphatic heterocycles. The molecule has 0 rings (SSSR count). The Morgan fingerprint density at radius 1 is 0.429 bits per heavy atom. The van der Waals surface area contributed by atoms with Crippen LogP contribution < -0.4 is 0 Å². The number of esters is 1. The van der Waals surface area contributed by atoms with E-state index in [1.54, 1.807) is 0 Å². The summed E-state index contributed by atoms with van der Waals surface area (Å²) < 4.78 is 6.02. The number of aliphatic carboxylic acids is 1. The number of carboxylic acid groups (broad SMARTS) is 1. The van der Waals surface area contributed by atoms with Crippen LogP contribution in [0.4, 0.5) is 0 Å². The largest absolute Gasteiger partial charge is 0.481 e. The molecule has 0 aliphatic carbocycles. The number of carbonyl (C=O) groups is 2. The molecule has 250 valence electrons. The molecule has 42 heavy (non-hydrogen) atoms. The fourth-order valence-corrected chi connectivity index (χ4v) is 6.01. The van der Waals surface area contributed by atoms with Gasteiger partial charge in [0.15, 0.2) is 0 Å². The quantitative estimate of drug-likeness (QED) is 0.0585. The normalized spacial score (nSPS) is 12.0. The summed E-state index contributed by atoms with van der Waals surface area (Å²) in [6.45, 7) is 4.55. The van der Waals surface area contributed by atoms with E-state index in [0.717, 1.165) is 51.4 Å². The van der Waals surface area contributed by atoms with Crippen LogP contribution in [0.3, 0.4) is 0 Å². The van der Waals surface area contributed by atoms with Crippen LogP contribution in [0.25, 0.3) is 0 Å². The van der Waals surface area contributed by atoms with Crippen molar-refractivity contribution in [3.63, 3.8) is 0 Å². The van der Waals surface area contributed by atoms with Crippen molar-refractivity contribution in [2.75, 3.05) is 0 Å². The summed E-state index contributed by atoms with van der Waals surface area (Å²) in [6.07, 6.45) is 39.8. The Balaban J connectivity index is 4.01. The first-order valence-electron chi connectivity index (χ1n) is 19.0. The molecular weight excluding hydrogens is 520 g/mol. The van der Waals surface area contributed by atoms with Gasteiger partial charge in [0, 0.05) is 12.8 Å². The van der Waals surface area contributed by atoms with Gasteiger partial charge in [0.25, 0.3) is 0 Å². The molecule has 0 aromatic rings. The number of unbranched alkanes of at least 4 members (excludes halogenated alkanes) is 26. The zero-order chi connectivity index (χ0) is 30.8. The molecular formula is C38H74O4. The number of hydrogen-bond acceptors (Lipinski definition) is 3. The van der Waals surface area contributed by atoms with Crippen LogP contribution >= 0.6 is 0 Å². The van der Waals surface area contributed by atoms with Crippen LogP contribution in [0.15, 0.2) is 0 Å². The zero-order valence-electron chi connectivity index (χ0n) is 28.6. The second kappa shape index (κ2) is 34.4. The molecule has 0 fully saturated rings. The minimum Gasteiger partial charge on any atom is -0.481 e. The Morgan fingerprint density at radius 2 is 0.714 bits per heavy atom. The molecule has 4 nitrogen and oxygen atoms in total. The van der Waals surface area contributed by atoms with Crippen LogP contribution in [0.5, 0.6) is 0 Å². The molecule has 0 bridgehead atoms. The van der Waals surface area contributed by atoms with E-state index in [1.807, 2.05) is 0 Å². The maximum Gasteiger partial charge on any atom is 0.306 e. The van der Waals surface area contributed by atoms with Gasteiger partial charge < -0.3 is 9.84 Å². The van der Waals surface area contributed by atoms with Crippen molar-refractivity contribution in [3.8, 4) is 0 Å². The van der Waals surface area contributed by atoms with Crippen LogP contribution in [0, 0.1) is 0 Å². The summed E-state index contributed by atoms with van der Waals surface area (Å²) in [5.74, 6) is -0.658.